The summed E-state index contributed by atoms with van der Waals surface area (Å²) in [5.41, 5.74) is 1.10. The number of aromatic nitrogens is 2. The van der Waals surface area contributed by atoms with E-state index in [1.165, 1.54) is 0 Å². The number of para-hydroxylation sites is 1. The number of benzene rings is 2. The van der Waals surface area contributed by atoms with Crippen LogP contribution in [0.5, 0.6) is 11.6 Å². The first-order chi connectivity index (χ1) is 15.2. The summed E-state index contributed by atoms with van der Waals surface area (Å²) in [6.07, 6.45) is 4.23. The third kappa shape index (κ3) is 5.40. The van der Waals surface area contributed by atoms with Crippen LogP contribution in [0, 0.1) is 0 Å². The number of piperidine rings is 1. The number of carbonyl (C=O) groups excluding carboxylic acids is 1. The molecule has 0 spiro atoms. The number of likely N-dealkylation sites (tertiary alicyclic amines) is 1. The molecule has 1 atom stereocenters. The van der Waals surface area contributed by atoms with E-state index in [0.29, 0.717) is 11.8 Å². The lowest BCUT2D eigenvalue weighted by Gasteiger charge is -2.34. The zero-order valence-corrected chi connectivity index (χ0v) is 17.8. The first kappa shape index (κ1) is 20.8. The number of hydrogen-bond donors (Lipinski definition) is 1. The minimum atomic E-state index is -0.0686. The summed E-state index contributed by atoms with van der Waals surface area (Å²) in [6, 6.07) is 21.6. The first-order valence-corrected chi connectivity index (χ1v) is 10.9. The number of anilines is 1. The number of ether oxygens (including phenoxy) is 1. The molecule has 1 aromatic heterocycles. The third-order valence-corrected chi connectivity index (χ3v) is 5.64. The van der Waals surface area contributed by atoms with E-state index in [4.69, 9.17) is 4.74 Å². The molecule has 2 heterocycles. The summed E-state index contributed by atoms with van der Waals surface area (Å²) in [6.45, 7) is 3.55. The van der Waals surface area contributed by atoms with Crippen molar-refractivity contribution in [3.05, 3.63) is 78.5 Å². The van der Waals surface area contributed by atoms with Crippen molar-refractivity contribution in [3.8, 4) is 11.6 Å². The molecule has 2 aromatic carbocycles. The Morgan fingerprint density at radius 3 is 2.42 bits per heavy atom. The average molecular weight is 417 g/mol. The fourth-order valence-electron chi connectivity index (χ4n) is 3.96. The maximum atomic E-state index is 13.1. The molecule has 3 aromatic rings. The molecule has 31 heavy (non-hydrogen) atoms. The molecule has 1 amide bonds. The molecule has 1 unspecified atom stereocenters. The normalized spacial score (nSPS) is 15.3. The second-order valence-corrected chi connectivity index (χ2v) is 7.75. The summed E-state index contributed by atoms with van der Waals surface area (Å²) < 4.78 is 5.79. The van der Waals surface area contributed by atoms with Crippen molar-refractivity contribution in [1.82, 2.24) is 14.9 Å². The Labute approximate surface area is 183 Å². The molecule has 1 aliphatic heterocycles. The van der Waals surface area contributed by atoms with Crippen molar-refractivity contribution in [3.63, 3.8) is 0 Å². The average Bonchev–Trinajstić information content (AvgIpc) is 2.82. The summed E-state index contributed by atoms with van der Waals surface area (Å²) in [5.74, 6) is 1.95. The minimum Gasteiger partial charge on any atom is -0.439 e. The van der Waals surface area contributed by atoms with Gasteiger partial charge in [0.1, 0.15) is 5.75 Å². The summed E-state index contributed by atoms with van der Waals surface area (Å²) in [5, 5.41) is 3.40. The molecule has 1 aliphatic rings. The molecule has 4 rings (SSSR count). The number of hydrogen-bond acceptors (Lipinski definition) is 5. The molecular weight excluding hydrogens is 388 g/mol. The largest absolute Gasteiger partial charge is 0.439 e. The van der Waals surface area contributed by atoms with E-state index in [9.17, 15) is 4.79 Å². The molecule has 1 saturated heterocycles. The van der Waals surface area contributed by atoms with Crippen LogP contribution in [-0.4, -0.2) is 39.9 Å². The van der Waals surface area contributed by atoms with Gasteiger partial charge in [0.25, 0.3) is 0 Å². The smallest absolute Gasteiger partial charge is 0.230 e. The number of nitrogens with one attached hydrogen (secondary N) is 1. The highest BCUT2D eigenvalue weighted by Crippen LogP contribution is 2.25. The van der Waals surface area contributed by atoms with Gasteiger partial charge in [0, 0.05) is 31.4 Å². The molecule has 160 valence electrons. The molecule has 1 fully saturated rings. The molecule has 0 bridgehead atoms. The van der Waals surface area contributed by atoms with Gasteiger partial charge in [-0.25, -0.2) is 4.98 Å². The van der Waals surface area contributed by atoms with Gasteiger partial charge in [0.15, 0.2) is 0 Å². The van der Waals surface area contributed by atoms with E-state index in [1.807, 2.05) is 65.6 Å². The monoisotopic (exact) mass is 416 g/mol. The van der Waals surface area contributed by atoms with Crippen LogP contribution in [0.2, 0.25) is 0 Å². The van der Waals surface area contributed by atoms with Gasteiger partial charge < -0.3 is 15.0 Å². The van der Waals surface area contributed by atoms with Crippen molar-refractivity contribution in [2.75, 3.05) is 18.4 Å². The van der Waals surface area contributed by atoms with E-state index in [-0.39, 0.29) is 17.9 Å². The van der Waals surface area contributed by atoms with Gasteiger partial charge in [0.2, 0.25) is 17.7 Å². The SMILES string of the molecule is CCC(C(=O)N1CCC(Nc2nccc(Oc3ccccc3)n2)CC1)c1ccccc1. The van der Waals surface area contributed by atoms with Gasteiger partial charge >= 0.3 is 0 Å². The van der Waals surface area contributed by atoms with Crippen LogP contribution in [0.3, 0.4) is 0 Å². The number of amides is 1. The molecular formula is C25H28N4O2. The maximum Gasteiger partial charge on any atom is 0.230 e. The highest BCUT2D eigenvalue weighted by atomic mass is 16.5. The lowest BCUT2D eigenvalue weighted by atomic mass is 9.93. The Balaban J connectivity index is 1.32. The van der Waals surface area contributed by atoms with Crippen molar-refractivity contribution in [2.24, 2.45) is 0 Å². The molecule has 6 heteroatoms. The second-order valence-electron chi connectivity index (χ2n) is 7.75. The molecule has 0 saturated carbocycles. The Bertz CT molecular complexity index is 973. The van der Waals surface area contributed by atoms with Crippen molar-refractivity contribution in [2.45, 2.75) is 38.1 Å². The molecule has 0 radical (unpaired) electrons. The van der Waals surface area contributed by atoms with Gasteiger partial charge in [0.05, 0.1) is 5.92 Å². The van der Waals surface area contributed by atoms with Crippen molar-refractivity contribution in [1.29, 1.82) is 0 Å². The Morgan fingerprint density at radius 2 is 1.74 bits per heavy atom. The second kappa shape index (κ2) is 10.1. The van der Waals surface area contributed by atoms with Gasteiger partial charge in [-0.1, -0.05) is 55.5 Å². The van der Waals surface area contributed by atoms with Crippen LogP contribution < -0.4 is 10.1 Å². The highest BCUT2D eigenvalue weighted by Gasteiger charge is 2.28. The Hall–Kier alpha value is -3.41. The topological polar surface area (TPSA) is 67.4 Å². The quantitative estimate of drug-likeness (QED) is 0.595. The van der Waals surface area contributed by atoms with Gasteiger partial charge in [-0.15, -0.1) is 0 Å². The lowest BCUT2D eigenvalue weighted by Crippen LogP contribution is -2.44. The van der Waals surface area contributed by atoms with E-state index in [0.717, 1.165) is 43.7 Å². The Morgan fingerprint density at radius 1 is 1.06 bits per heavy atom. The van der Waals surface area contributed by atoms with Crippen LogP contribution in [0.1, 0.15) is 37.7 Å². The van der Waals surface area contributed by atoms with E-state index >= 15 is 0 Å². The minimum absolute atomic E-state index is 0.0686. The maximum absolute atomic E-state index is 13.1. The van der Waals surface area contributed by atoms with Crippen LogP contribution in [0.4, 0.5) is 5.95 Å². The number of nitrogens with zero attached hydrogens (tertiary/aromatic N) is 3. The van der Waals surface area contributed by atoms with Gasteiger partial charge in [-0.2, -0.15) is 4.98 Å². The van der Waals surface area contributed by atoms with Gasteiger partial charge in [-0.3, -0.25) is 4.79 Å². The zero-order chi connectivity index (χ0) is 21.5. The number of rotatable bonds is 7. The fraction of sp³-hybridized carbons (Fsp3) is 0.320. The zero-order valence-electron chi connectivity index (χ0n) is 17.8. The van der Waals surface area contributed by atoms with Crippen LogP contribution in [0.15, 0.2) is 72.9 Å². The van der Waals surface area contributed by atoms with Crippen molar-refractivity contribution >= 4 is 11.9 Å². The van der Waals surface area contributed by atoms with Crippen LogP contribution in [0.25, 0.3) is 0 Å². The molecule has 0 aliphatic carbocycles. The fourth-order valence-corrected chi connectivity index (χ4v) is 3.96. The Kier molecular flexibility index (Phi) is 6.77. The molecule has 6 nitrogen and oxygen atoms in total. The van der Waals surface area contributed by atoms with E-state index in [1.54, 1.807) is 12.3 Å². The predicted molar refractivity (Wildman–Crippen MR) is 121 cm³/mol. The van der Waals surface area contributed by atoms with E-state index < -0.39 is 0 Å². The summed E-state index contributed by atoms with van der Waals surface area (Å²) in [4.78, 5) is 23.9. The lowest BCUT2D eigenvalue weighted by molar-refractivity contribution is -0.133. The van der Waals surface area contributed by atoms with Crippen molar-refractivity contribution < 1.29 is 9.53 Å². The molecule has 1 N–H and O–H groups in total. The summed E-state index contributed by atoms with van der Waals surface area (Å²) >= 11 is 0. The van der Waals surface area contributed by atoms with Gasteiger partial charge in [-0.05, 0) is 37.0 Å². The third-order valence-electron chi connectivity index (χ3n) is 5.64. The predicted octanol–water partition coefficient (Wildman–Crippen LogP) is 4.87. The first-order valence-electron chi connectivity index (χ1n) is 10.9. The number of carbonyl (C=O) groups is 1. The van der Waals surface area contributed by atoms with Crippen LogP contribution >= 0.6 is 0 Å². The van der Waals surface area contributed by atoms with E-state index in [2.05, 4.69) is 22.2 Å². The highest BCUT2D eigenvalue weighted by molar-refractivity contribution is 5.83. The van der Waals surface area contributed by atoms with Crippen LogP contribution in [-0.2, 0) is 4.79 Å². The standard InChI is InChI=1S/C25H28N4O2/c1-2-22(19-9-5-3-6-10-19)24(30)29-17-14-20(15-18-29)27-25-26-16-13-23(28-25)31-21-11-7-4-8-12-21/h3-13,16,20,22H,2,14-15,17-18H2,1H3,(H,26,27,28). The summed E-state index contributed by atoms with van der Waals surface area (Å²) in [7, 11) is 0.